The summed E-state index contributed by atoms with van der Waals surface area (Å²) in [6.07, 6.45) is 3.33. The number of nitrogens with zero attached hydrogens (tertiary/aromatic N) is 4. The van der Waals surface area contributed by atoms with E-state index in [-0.39, 0.29) is 48.1 Å². The molecule has 4 atom stereocenters. The molecule has 2 saturated heterocycles. The van der Waals surface area contributed by atoms with E-state index in [0.29, 0.717) is 13.1 Å². The highest BCUT2D eigenvalue weighted by molar-refractivity contribution is 7.14. The summed E-state index contributed by atoms with van der Waals surface area (Å²) in [5, 5.41) is 14.1. The molecular weight excluding hydrogens is 719 g/mol. The van der Waals surface area contributed by atoms with Crippen molar-refractivity contribution in [1.82, 2.24) is 35.1 Å². The number of likely N-dealkylation sites (tertiary alicyclic amines) is 2. The van der Waals surface area contributed by atoms with Crippen LogP contribution in [0.15, 0.2) is 47.8 Å². The second kappa shape index (κ2) is 16.0. The summed E-state index contributed by atoms with van der Waals surface area (Å²) in [6, 6.07) is 13.4. The molecule has 290 valence electrons. The van der Waals surface area contributed by atoms with Crippen molar-refractivity contribution in [1.29, 1.82) is 0 Å². The molecule has 0 spiro atoms. The van der Waals surface area contributed by atoms with Crippen LogP contribution in [-0.2, 0) is 23.9 Å². The van der Waals surface area contributed by atoms with Crippen molar-refractivity contribution < 1.29 is 29.0 Å². The summed E-state index contributed by atoms with van der Waals surface area (Å²) in [5.41, 5.74) is 6.61. The smallest absolute Gasteiger partial charge is 0.306 e. The van der Waals surface area contributed by atoms with Gasteiger partial charge >= 0.3 is 5.97 Å². The largest absolute Gasteiger partial charge is 0.469 e. The quantitative estimate of drug-likeness (QED) is 0.110. The highest BCUT2D eigenvalue weighted by Crippen LogP contribution is 2.38. The number of rotatable bonds is 12. The number of esters is 1. The first-order chi connectivity index (χ1) is 26.4. The van der Waals surface area contributed by atoms with Crippen LogP contribution in [-0.4, -0.2) is 91.4 Å². The highest BCUT2D eigenvalue weighted by Gasteiger charge is 2.39. The van der Waals surface area contributed by atoms with E-state index in [9.17, 15) is 24.3 Å². The van der Waals surface area contributed by atoms with Gasteiger partial charge in [0.25, 0.3) is 0 Å². The van der Waals surface area contributed by atoms with Gasteiger partial charge in [0, 0.05) is 18.0 Å². The lowest BCUT2D eigenvalue weighted by atomic mass is 9.91. The number of aromatic amines is 2. The number of hydrogen-bond donors (Lipinski definition) is 4. The van der Waals surface area contributed by atoms with Crippen molar-refractivity contribution in [3.05, 3.63) is 59.5 Å². The minimum absolute atomic E-state index is 0.000440. The van der Waals surface area contributed by atoms with Crippen molar-refractivity contribution in [3.63, 3.8) is 0 Å². The summed E-state index contributed by atoms with van der Waals surface area (Å²) in [5.74, 6) is -0.246. The molecule has 2 aliphatic heterocycles. The van der Waals surface area contributed by atoms with Crippen LogP contribution in [0, 0.1) is 17.8 Å². The Balaban J connectivity index is 1.08. The van der Waals surface area contributed by atoms with Gasteiger partial charge in [0.1, 0.15) is 24.3 Å². The number of carbonyl (C=O) groups is 4. The molecule has 0 aliphatic carbocycles. The Hall–Kier alpha value is -5.08. The zero-order valence-electron chi connectivity index (χ0n) is 31.9. The maximum absolute atomic E-state index is 13.7. The maximum atomic E-state index is 13.7. The Kier molecular flexibility index (Phi) is 11.1. The van der Waals surface area contributed by atoms with Crippen molar-refractivity contribution >= 4 is 57.1 Å². The van der Waals surface area contributed by atoms with Crippen LogP contribution in [0.1, 0.15) is 83.5 Å². The van der Waals surface area contributed by atoms with Crippen LogP contribution in [0.4, 0.5) is 0 Å². The normalized spacial score (nSPS) is 18.5. The molecule has 5 aromatic rings. The second-order valence-corrected chi connectivity index (χ2v) is 16.3. The number of thiophene rings is 1. The van der Waals surface area contributed by atoms with E-state index in [2.05, 4.69) is 51.0 Å². The van der Waals surface area contributed by atoms with Gasteiger partial charge in [-0.1, -0.05) is 39.8 Å². The fourth-order valence-electron chi connectivity index (χ4n) is 7.97. The number of aliphatic hydroxyl groups is 1. The molecule has 3 amide bonds. The number of H-pyrrole nitrogens is 2. The zero-order chi connectivity index (χ0) is 39.0. The van der Waals surface area contributed by atoms with E-state index in [1.165, 1.54) is 7.11 Å². The van der Waals surface area contributed by atoms with Gasteiger partial charge in [0.05, 0.1) is 53.6 Å². The number of benzene rings is 2. The molecule has 55 heavy (non-hydrogen) atoms. The molecule has 4 N–H and O–H groups in total. The minimum atomic E-state index is -0.725. The standard InChI is InChI=1S/C41H49N7O6S/c1-22(2)27(19-36(51)54-5)40(52)47-14-6-8-32(47)38-42-28-12-10-24(16-30(28)44-38)26-18-34(55-21-26)25-11-13-29-31(17-25)45-39(43-29)33-9-7-15-48(33)41(53)37(23(3)4)46-35(50)20-49/h10-13,16-18,21-23,27,32-33,37,49H,6-9,14-15,19-20H2,1-5H3,(H,42,44)(H,43,45)(H,46,50). The average molecular weight is 768 g/mol. The molecule has 0 bridgehead atoms. The number of carbonyl (C=O) groups excluding carboxylic acids is 4. The van der Waals surface area contributed by atoms with Crippen molar-refractivity contribution in [2.45, 2.75) is 77.9 Å². The number of nitrogens with one attached hydrogen (secondary N) is 3. The van der Waals surface area contributed by atoms with E-state index in [4.69, 9.17) is 14.7 Å². The molecule has 2 aliphatic rings. The van der Waals surface area contributed by atoms with Gasteiger partial charge in [-0.25, -0.2) is 9.97 Å². The third-order valence-electron chi connectivity index (χ3n) is 11.0. The first-order valence-electron chi connectivity index (χ1n) is 19.1. The summed E-state index contributed by atoms with van der Waals surface area (Å²) in [7, 11) is 1.35. The third kappa shape index (κ3) is 7.75. The summed E-state index contributed by atoms with van der Waals surface area (Å²) < 4.78 is 4.88. The van der Waals surface area contributed by atoms with E-state index < -0.39 is 24.5 Å². The molecule has 5 heterocycles. The molecular formula is C41H49N7O6S. The Morgan fingerprint density at radius 1 is 0.836 bits per heavy atom. The van der Waals surface area contributed by atoms with Gasteiger partial charge < -0.3 is 34.9 Å². The first kappa shape index (κ1) is 38.2. The fraction of sp³-hybridized carbons (Fsp3) is 0.463. The highest BCUT2D eigenvalue weighted by atomic mass is 32.1. The van der Waals surface area contributed by atoms with Gasteiger partial charge in [-0.05, 0) is 89.9 Å². The molecule has 7 rings (SSSR count). The average Bonchev–Trinajstić information content (AvgIpc) is 4.02. The van der Waals surface area contributed by atoms with Crippen molar-refractivity contribution in [2.75, 3.05) is 26.8 Å². The molecule has 2 aromatic carbocycles. The van der Waals surface area contributed by atoms with E-state index in [0.717, 1.165) is 81.0 Å². The summed E-state index contributed by atoms with van der Waals surface area (Å²) >= 11 is 1.66. The number of aliphatic hydroxyl groups excluding tert-OH is 1. The lowest BCUT2D eigenvalue weighted by Crippen LogP contribution is -2.51. The molecule has 13 nitrogen and oxygen atoms in total. The Labute approximate surface area is 323 Å². The third-order valence-corrected chi connectivity index (χ3v) is 12.0. The minimum Gasteiger partial charge on any atom is -0.469 e. The second-order valence-electron chi connectivity index (χ2n) is 15.4. The number of aromatic nitrogens is 4. The van der Waals surface area contributed by atoms with Crippen molar-refractivity contribution in [2.24, 2.45) is 17.8 Å². The monoisotopic (exact) mass is 767 g/mol. The van der Waals surface area contributed by atoms with Crippen LogP contribution >= 0.6 is 11.3 Å². The maximum Gasteiger partial charge on any atom is 0.306 e. The number of amides is 3. The van der Waals surface area contributed by atoms with E-state index in [1.54, 1.807) is 16.2 Å². The Morgan fingerprint density at radius 3 is 1.98 bits per heavy atom. The Bertz CT molecular complexity index is 2070. The lowest BCUT2D eigenvalue weighted by Gasteiger charge is -2.30. The molecule has 14 heteroatoms. The van der Waals surface area contributed by atoms with Crippen LogP contribution in [0.5, 0.6) is 0 Å². The van der Waals surface area contributed by atoms with Gasteiger partial charge in [-0.3, -0.25) is 19.2 Å². The number of imidazole rings is 2. The molecule has 4 unspecified atom stereocenters. The van der Waals surface area contributed by atoms with Gasteiger partial charge in [0.2, 0.25) is 17.7 Å². The molecule has 2 fully saturated rings. The summed E-state index contributed by atoms with van der Waals surface area (Å²) in [4.78, 5) is 72.9. The van der Waals surface area contributed by atoms with E-state index in [1.807, 2.05) is 44.7 Å². The van der Waals surface area contributed by atoms with Crippen LogP contribution in [0.25, 0.3) is 43.6 Å². The number of hydrogen-bond acceptors (Lipinski definition) is 9. The van der Waals surface area contributed by atoms with Crippen LogP contribution < -0.4 is 5.32 Å². The number of methoxy groups -OCH3 is 1. The number of fused-ring (bicyclic) bond motifs is 2. The van der Waals surface area contributed by atoms with Crippen LogP contribution in [0.3, 0.4) is 0 Å². The number of ether oxygens (including phenoxy) is 1. The predicted molar refractivity (Wildman–Crippen MR) is 211 cm³/mol. The summed E-state index contributed by atoms with van der Waals surface area (Å²) in [6.45, 7) is 8.23. The molecule has 0 saturated carbocycles. The predicted octanol–water partition coefficient (Wildman–Crippen LogP) is 6.13. The zero-order valence-corrected chi connectivity index (χ0v) is 32.7. The van der Waals surface area contributed by atoms with Crippen molar-refractivity contribution in [3.8, 4) is 21.6 Å². The first-order valence-corrected chi connectivity index (χ1v) is 20.0. The van der Waals surface area contributed by atoms with Gasteiger partial charge in [-0.15, -0.1) is 11.3 Å². The van der Waals surface area contributed by atoms with Gasteiger partial charge in [0.15, 0.2) is 0 Å². The molecule has 3 aromatic heterocycles. The topological polar surface area (TPSA) is 174 Å². The molecule has 0 radical (unpaired) electrons. The SMILES string of the molecule is COC(=O)CC(C(=O)N1CCCC1c1nc2ccc(-c3csc(-c4ccc5nc(C6CCCN6C(=O)C(NC(=O)CO)C(C)C)[nH]c5c4)c3)cc2[nH]1)C(C)C. The van der Waals surface area contributed by atoms with Crippen LogP contribution in [0.2, 0.25) is 0 Å². The Morgan fingerprint density at radius 2 is 1.42 bits per heavy atom. The van der Waals surface area contributed by atoms with E-state index >= 15 is 0 Å². The lowest BCUT2D eigenvalue weighted by molar-refractivity contribution is -0.148. The fourth-order valence-corrected chi connectivity index (χ4v) is 8.89. The van der Waals surface area contributed by atoms with Gasteiger partial charge in [-0.2, -0.15) is 0 Å².